The van der Waals surface area contributed by atoms with E-state index in [1.165, 1.54) is 11.8 Å². The third kappa shape index (κ3) is 2.62. The normalized spacial score (nSPS) is 18.9. The van der Waals surface area contributed by atoms with Gasteiger partial charge >= 0.3 is 0 Å². The zero-order valence-electron chi connectivity index (χ0n) is 15.5. The zero-order valence-corrected chi connectivity index (χ0v) is 17.1. The van der Waals surface area contributed by atoms with E-state index in [0.29, 0.717) is 15.6 Å². The number of fused-ring (bicyclic) bond motifs is 1. The van der Waals surface area contributed by atoms with Crippen LogP contribution in [0.15, 0.2) is 47.4 Å². The number of amides is 3. The number of thioether (sulfide) groups is 1. The van der Waals surface area contributed by atoms with Crippen molar-refractivity contribution < 1.29 is 14.4 Å². The molecular weight excluding hydrogens is 392 g/mol. The monoisotopic (exact) mass is 408 g/mol. The maximum atomic E-state index is 13.3. The number of nitrogens with zero attached hydrogens (tertiary/aromatic N) is 2. The first-order valence-electron chi connectivity index (χ1n) is 8.64. The highest BCUT2D eigenvalue weighted by molar-refractivity contribution is 8.27. The summed E-state index contributed by atoms with van der Waals surface area (Å²) in [5.74, 6) is -1.22. The molecule has 28 heavy (non-hydrogen) atoms. The third-order valence-corrected chi connectivity index (χ3v) is 6.18. The van der Waals surface area contributed by atoms with Gasteiger partial charge in [-0.15, -0.1) is 0 Å². The molecular formula is C21H16N2O3S2. The minimum Gasteiger partial charge on any atom is -0.274 e. The number of hydrogen-bond donors (Lipinski definition) is 0. The Morgan fingerprint density at radius 2 is 1.61 bits per heavy atom. The second-order valence-corrected chi connectivity index (χ2v) is 8.27. The van der Waals surface area contributed by atoms with Gasteiger partial charge in [0.2, 0.25) is 5.91 Å². The standard InChI is InChI=1S/C21H16N2O3S2/c1-11-7-6-8-12(2)17(11)23-20(26)18(28-21(23)27)16-14-9-4-5-10-15(14)22(13(3)24)19(16)25/h4-10H,1-3H3/b18-16-. The van der Waals surface area contributed by atoms with Crippen molar-refractivity contribution in [3.8, 4) is 0 Å². The average molecular weight is 409 g/mol. The lowest BCUT2D eigenvalue weighted by molar-refractivity contribution is -0.122. The van der Waals surface area contributed by atoms with Crippen LogP contribution in [0.5, 0.6) is 0 Å². The van der Waals surface area contributed by atoms with Crippen molar-refractivity contribution in [1.29, 1.82) is 0 Å². The van der Waals surface area contributed by atoms with E-state index in [4.69, 9.17) is 12.2 Å². The molecule has 0 radical (unpaired) electrons. The van der Waals surface area contributed by atoms with Gasteiger partial charge in [0.05, 0.1) is 21.9 Å². The fourth-order valence-electron chi connectivity index (χ4n) is 3.62. The number of rotatable bonds is 1. The smallest absolute Gasteiger partial charge is 0.271 e. The Morgan fingerprint density at radius 1 is 0.964 bits per heavy atom. The van der Waals surface area contributed by atoms with Crippen LogP contribution in [0.25, 0.3) is 5.57 Å². The van der Waals surface area contributed by atoms with Crippen LogP contribution < -0.4 is 9.80 Å². The Kier molecular flexibility index (Phi) is 4.44. The molecule has 2 aromatic carbocycles. The molecule has 1 fully saturated rings. The predicted molar refractivity (Wildman–Crippen MR) is 115 cm³/mol. The van der Waals surface area contributed by atoms with Crippen LogP contribution >= 0.6 is 24.0 Å². The quantitative estimate of drug-likeness (QED) is 0.528. The molecule has 2 aliphatic heterocycles. The van der Waals surface area contributed by atoms with Crippen LogP contribution in [0, 0.1) is 13.8 Å². The van der Waals surface area contributed by atoms with Crippen LogP contribution in [0.1, 0.15) is 23.6 Å². The number of carbonyl (C=O) groups excluding carboxylic acids is 3. The summed E-state index contributed by atoms with van der Waals surface area (Å²) < 4.78 is 0.372. The SMILES string of the molecule is CC(=O)N1C(=O)/C(=C2\SC(=S)N(c3c(C)cccc3C)C2=O)c2ccccc21. The van der Waals surface area contributed by atoms with Gasteiger partial charge in [-0.25, -0.2) is 4.90 Å². The third-order valence-electron chi connectivity index (χ3n) is 4.81. The van der Waals surface area contributed by atoms with E-state index in [-0.39, 0.29) is 16.4 Å². The van der Waals surface area contributed by atoms with Crippen molar-refractivity contribution in [3.63, 3.8) is 0 Å². The Morgan fingerprint density at radius 3 is 2.25 bits per heavy atom. The molecule has 0 atom stereocenters. The van der Waals surface area contributed by atoms with Crippen molar-refractivity contribution in [2.45, 2.75) is 20.8 Å². The molecule has 0 unspecified atom stereocenters. The van der Waals surface area contributed by atoms with E-state index in [1.54, 1.807) is 24.3 Å². The number of aryl methyl sites for hydroxylation is 2. The minimum atomic E-state index is -0.490. The molecule has 7 heteroatoms. The molecule has 0 saturated carbocycles. The van der Waals surface area contributed by atoms with Crippen molar-refractivity contribution in [2.75, 3.05) is 9.80 Å². The molecule has 2 heterocycles. The summed E-state index contributed by atoms with van der Waals surface area (Å²) in [4.78, 5) is 41.3. The Labute approximate surface area is 172 Å². The maximum Gasteiger partial charge on any atom is 0.271 e. The summed E-state index contributed by atoms with van der Waals surface area (Å²) in [6.45, 7) is 5.17. The van der Waals surface area contributed by atoms with Gasteiger partial charge in [0.1, 0.15) is 0 Å². The lowest BCUT2D eigenvalue weighted by Crippen LogP contribution is -2.32. The molecule has 3 amide bonds. The molecule has 2 aliphatic rings. The highest BCUT2D eigenvalue weighted by Crippen LogP contribution is 2.46. The van der Waals surface area contributed by atoms with Crippen molar-refractivity contribution in [1.82, 2.24) is 0 Å². The van der Waals surface area contributed by atoms with Crippen LogP contribution in [-0.4, -0.2) is 22.0 Å². The second-order valence-electron chi connectivity index (χ2n) is 6.63. The first kappa shape index (κ1) is 18.6. The average Bonchev–Trinajstić information content (AvgIpc) is 3.08. The fraction of sp³-hybridized carbons (Fsp3) is 0.143. The number of anilines is 2. The molecule has 0 aromatic heterocycles. The van der Waals surface area contributed by atoms with Gasteiger partial charge in [-0.1, -0.05) is 60.4 Å². The maximum absolute atomic E-state index is 13.3. The van der Waals surface area contributed by atoms with Crippen LogP contribution in [-0.2, 0) is 14.4 Å². The molecule has 140 valence electrons. The van der Waals surface area contributed by atoms with Gasteiger partial charge < -0.3 is 0 Å². The second kappa shape index (κ2) is 6.68. The minimum absolute atomic E-state index is 0.233. The van der Waals surface area contributed by atoms with Crippen LogP contribution in [0.4, 0.5) is 11.4 Å². The molecule has 0 N–H and O–H groups in total. The predicted octanol–water partition coefficient (Wildman–Crippen LogP) is 3.97. The summed E-state index contributed by atoms with van der Waals surface area (Å²) in [7, 11) is 0. The largest absolute Gasteiger partial charge is 0.274 e. The fourth-order valence-corrected chi connectivity index (χ4v) is 4.96. The van der Waals surface area contributed by atoms with Gasteiger partial charge in [0, 0.05) is 12.5 Å². The highest BCUT2D eigenvalue weighted by Gasteiger charge is 2.44. The summed E-state index contributed by atoms with van der Waals surface area (Å²) in [6, 6.07) is 12.7. The first-order valence-corrected chi connectivity index (χ1v) is 9.86. The number of thiocarbonyl (C=S) groups is 1. The first-order chi connectivity index (χ1) is 13.3. The summed E-state index contributed by atoms with van der Waals surface area (Å²) in [6.07, 6.45) is 0. The summed E-state index contributed by atoms with van der Waals surface area (Å²) >= 11 is 6.59. The molecule has 0 spiro atoms. The van der Waals surface area contributed by atoms with Crippen LogP contribution in [0.2, 0.25) is 0 Å². The summed E-state index contributed by atoms with van der Waals surface area (Å²) in [5.41, 5.74) is 3.88. The molecule has 0 aliphatic carbocycles. The van der Waals surface area contributed by atoms with Crippen molar-refractivity contribution in [2.24, 2.45) is 0 Å². The van der Waals surface area contributed by atoms with E-state index in [0.717, 1.165) is 33.5 Å². The van der Waals surface area contributed by atoms with E-state index < -0.39 is 11.8 Å². The van der Waals surface area contributed by atoms with E-state index in [9.17, 15) is 14.4 Å². The molecule has 5 nitrogen and oxygen atoms in total. The number of benzene rings is 2. The molecule has 2 aromatic rings. The van der Waals surface area contributed by atoms with E-state index in [1.807, 2.05) is 32.0 Å². The van der Waals surface area contributed by atoms with Crippen molar-refractivity contribution in [3.05, 3.63) is 64.1 Å². The number of imide groups is 1. The van der Waals surface area contributed by atoms with Gasteiger partial charge in [-0.2, -0.15) is 0 Å². The molecule has 4 rings (SSSR count). The Bertz CT molecular complexity index is 1100. The van der Waals surface area contributed by atoms with Gasteiger partial charge in [0.15, 0.2) is 4.32 Å². The molecule has 1 saturated heterocycles. The zero-order chi connectivity index (χ0) is 20.2. The highest BCUT2D eigenvalue weighted by atomic mass is 32.2. The van der Waals surface area contributed by atoms with Crippen LogP contribution in [0.3, 0.4) is 0 Å². The van der Waals surface area contributed by atoms with E-state index >= 15 is 0 Å². The Balaban J connectivity index is 1.90. The molecule has 0 bridgehead atoms. The van der Waals surface area contributed by atoms with Crippen molar-refractivity contribution >= 4 is 63.0 Å². The van der Waals surface area contributed by atoms with E-state index in [2.05, 4.69) is 0 Å². The number of hydrogen-bond acceptors (Lipinski definition) is 5. The van der Waals surface area contributed by atoms with Gasteiger partial charge in [0.25, 0.3) is 11.8 Å². The lowest BCUT2D eigenvalue weighted by atomic mass is 10.1. The Hall–Kier alpha value is -2.77. The number of para-hydroxylation sites is 2. The lowest BCUT2D eigenvalue weighted by Gasteiger charge is -2.19. The number of carbonyl (C=O) groups is 3. The summed E-state index contributed by atoms with van der Waals surface area (Å²) in [5, 5.41) is 0. The van der Waals surface area contributed by atoms with Gasteiger partial charge in [-0.3, -0.25) is 19.3 Å². The topological polar surface area (TPSA) is 57.7 Å². The van der Waals surface area contributed by atoms with Gasteiger partial charge in [-0.05, 0) is 31.0 Å².